The third kappa shape index (κ3) is 5.25. The average molecular weight is 523 g/mol. The SMILES string of the molecule is CC(=O)N1C(C)(C)CC(OC2(OC3CC(C)(C)N(C(C)=O)C(C)(C)C3)C(=O)NC(=O)NC2=O)CC1(C)C. The lowest BCUT2D eigenvalue weighted by molar-refractivity contribution is -0.276. The maximum absolute atomic E-state index is 13.3. The molecule has 11 nitrogen and oxygen atoms in total. The van der Waals surface area contributed by atoms with Crippen LogP contribution in [0.5, 0.6) is 0 Å². The van der Waals surface area contributed by atoms with Gasteiger partial charge < -0.3 is 19.3 Å². The molecule has 0 aliphatic carbocycles. The van der Waals surface area contributed by atoms with Gasteiger partial charge in [-0.05, 0) is 81.1 Å². The molecule has 2 N–H and O–H groups in total. The van der Waals surface area contributed by atoms with Gasteiger partial charge in [0.2, 0.25) is 11.8 Å². The van der Waals surface area contributed by atoms with Gasteiger partial charge in [0, 0.05) is 36.0 Å². The molecule has 0 atom stereocenters. The van der Waals surface area contributed by atoms with Crippen LogP contribution in [-0.4, -0.2) is 79.6 Å². The fraction of sp³-hybridized carbons (Fsp3) is 0.808. The highest BCUT2D eigenvalue weighted by Crippen LogP contribution is 2.44. The van der Waals surface area contributed by atoms with E-state index >= 15 is 0 Å². The summed E-state index contributed by atoms with van der Waals surface area (Å²) in [6, 6.07) is -0.947. The number of nitrogens with one attached hydrogen (secondary N) is 2. The average Bonchev–Trinajstić information content (AvgIpc) is 2.60. The summed E-state index contributed by atoms with van der Waals surface area (Å²) in [5, 5.41) is 4.26. The molecule has 11 heteroatoms. The van der Waals surface area contributed by atoms with Crippen molar-refractivity contribution in [2.24, 2.45) is 0 Å². The third-order valence-electron chi connectivity index (χ3n) is 7.68. The first-order chi connectivity index (χ1) is 16.6. The number of ether oxygens (including phenoxy) is 2. The molecule has 0 aromatic carbocycles. The van der Waals surface area contributed by atoms with E-state index in [1.807, 2.05) is 55.4 Å². The van der Waals surface area contributed by atoms with Gasteiger partial charge in [-0.3, -0.25) is 29.8 Å². The second-order valence-corrected chi connectivity index (χ2v) is 13.1. The minimum absolute atomic E-state index is 0.0835. The van der Waals surface area contributed by atoms with Crippen LogP contribution in [0.4, 0.5) is 4.79 Å². The zero-order valence-corrected chi connectivity index (χ0v) is 23.7. The van der Waals surface area contributed by atoms with Crippen molar-refractivity contribution in [3.8, 4) is 0 Å². The van der Waals surface area contributed by atoms with E-state index < -0.39 is 58.0 Å². The molecule has 0 bridgehead atoms. The molecule has 37 heavy (non-hydrogen) atoms. The van der Waals surface area contributed by atoms with Crippen LogP contribution >= 0.6 is 0 Å². The number of amides is 6. The quantitative estimate of drug-likeness (QED) is 0.427. The maximum atomic E-state index is 13.3. The highest BCUT2D eigenvalue weighted by atomic mass is 16.7. The van der Waals surface area contributed by atoms with Crippen LogP contribution < -0.4 is 10.6 Å². The second-order valence-electron chi connectivity index (χ2n) is 13.1. The molecule has 3 aliphatic rings. The first-order valence-electron chi connectivity index (χ1n) is 12.8. The van der Waals surface area contributed by atoms with Crippen molar-refractivity contribution < 1.29 is 33.4 Å². The Morgan fingerprint density at radius 1 is 0.649 bits per heavy atom. The molecule has 3 rings (SSSR count). The summed E-state index contributed by atoms with van der Waals surface area (Å²) in [5.41, 5.74) is -2.53. The molecule has 208 valence electrons. The van der Waals surface area contributed by atoms with Crippen molar-refractivity contribution in [2.45, 2.75) is 135 Å². The van der Waals surface area contributed by atoms with Crippen molar-refractivity contribution >= 4 is 29.7 Å². The number of carbonyl (C=O) groups excluding carboxylic acids is 5. The number of imide groups is 2. The number of likely N-dealkylation sites (tertiary alicyclic amines) is 2. The molecule has 3 saturated heterocycles. The topological polar surface area (TPSA) is 134 Å². The van der Waals surface area contributed by atoms with Gasteiger partial charge in [0.15, 0.2) is 0 Å². The number of nitrogens with zero attached hydrogens (tertiary/aromatic N) is 2. The predicted octanol–water partition coefficient (Wildman–Crippen LogP) is 2.22. The summed E-state index contributed by atoms with van der Waals surface area (Å²) in [4.78, 5) is 67.0. The van der Waals surface area contributed by atoms with Crippen LogP contribution in [0.2, 0.25) is 0 Å². The summed E-state index contributed by atoms with van der Waals surface area (Å²) >= 11 is 0. The number of urea groups is 1. The Kier molecular flexibility index (Phi) is 7.10. The highest BCUT2D eigenvalue weighted by molar-refractivity contribution is 6.20. The molecule has 3 aliphatic heterocycles. The van der Waals surface area contributed by atoms with Gasteiger partial charge in [-0.2, -0.15) is 0 Å². The zero-order chi connectivity index (χ0) is 28.4. The van der Waals surface area contributed by atoms with Crippen LogP contribution in [0.25, 0.3) is 0 Å². The van der Waals surface area contributed by atoms with E-state index in [2.05, 4.69) is 10.6 Å². The number of barbiturate groups is 1. The van der Waals surface area contributed by atoms with E-state index in [0.717, 1.165) is 0 Å². The summed E-state index contributed by atoms with van der Waals surface area (Å²) < 4.78 is 12.6. The fourth-order valence-electron chi connectivity index (χ4n) is 7.46. The fourth-order valence-corrected chi connectivity index (χ4v) is 7.46. The largest absolute Gasteiger partial charge is 0.333 e. The molecular formula is C26H42N4O7. The van der Waals surface area contributed by atoms with Gasteiger partial charge in [-0.1, -0.05) is 0 Å². The molecule has 0 radical (unpaired) electrons. The van der Waals surface area contributed by atoms with E-state index in [0.29, 0.717) is 25.7 Å². The lowest BCUT2D eigenvalue weighted by Gasteiger charge is -2.57. The van der Waals surface area contributed by atoms with Crippen LogP contribution in [0, 0.1) is 0 Å². The monoisotopic (exact) mass is 522 g/mol. The number of rotatable bonds is 4. The second kappa shape index (κ2) is 9.04. The van der Waals surface area contributed by atoms with E-state index in [-0.39, 0.29) is 11.8 Å². The third-order valence-corrected chi connectivity index (χ3v) is 7.68. The molecule has 0 spiro atoms. The van der Waals surface area contributed by atoms with Crippen LogP contribution in [0.3, 0.4) is 0 Å². The molecule has 3 heterocycles. The van der Waals surface area contributed by atoms with Crippen LogP contribution in [0.1, 0.15) is 94.9 Å². The standard InChI is InChI=1S/C26H42N4O7/c1-15(31)29-22(3,4)11-17(12-23(29,5)6)36-26(19(33)27-21(35)28-20(26)34)37-18-13-24(7,8)30(16(2)32)25(9,10)14-18/h17-18H,11-14H2,1-10H3,(H2,27,28,33,34,35). The van der Waals surface area contributed by atoms with Gasteiger partial charge >= 0.3 is 11.8 Å². The molecule has 0 aromatic heterocycles. The van der Waals surface area contributed by atoms with E-state index in [1.165, 1.54) is 13.8 Å². The first kappa shape index (κ1) is 29.0. The lowest BCUT2D eigenvalue weighted by Crippen LogP contribution is -2.73. The minimum Gasteiger partial charge on any atom is -0.333 e. The van der Waals surface area contributed by atoms with E-state index in [4.69, 9.17) is 9.47 Å². The maximum Gasteiger partial charge on any atom is 0.333 e. The Morgan fingerprint density at radius 2 is 0.919 bits per heavy atom. The van der Waals surface area contributed by atoms with E-state index in [9.17, 15) is 24.0 Å². The summed E-state index contributed by atoms with van der Waals surface area (Å²) in [6.45, 7) is 18.3. The number of hydrogen-bond acceptors (Lipinski definition) is 7. The minimum atomic E-state index is -2.40. The molecule has 0 saturated carbocycles. The van der Waals surface area contributed by atoms with Gasteiger partial charge in [-0.25, -0.2) is 4.79 Å². The van der Waals surface area contributed by atoms with Crippen LogP contribution in [-0.2, 0) is 28.7 Å². The number of piperidine rings is 2. The molecule has 0 unspecified atom stereocenters. The number of hydrogen-bond donors (Lipinski definition) is 2. The van der Waals surface area contributed by atoms with Crippen molar-refractivity contribution in [2.75, 3.05) is 0 Å². The van der Waals surface area contributed by atoms with Crippen molar-refractivity contribution in [3.05, 3.63) is 0 Å². The van der Waals surface area contributed by atoms with Crippen molar-refractivity contribution in [1.29, 1.82) is 0 Å². The smallest absolute Gasteiger partial charge is 0.333 e. The normalized spacial score (nSPS) is 26.9. The predicted molar refractivity (Wildman–Crippen MR) is 134 cm³/mol. The Morgan fingerprint density at radius 3 is 1.16 bits per heavy atom. The molecule has 3 fully saturated rings. The Hall–Kier alpha value is -2.53. The summed E-state index contributed by atoms with van der Waals surface area (Å²) in [5.74, 6) is -4.55. The molecule has 6 amide bonds. The molecular weight excluding hydrogens is 480 g/mol. The highest BCUT2D eigenvalue weighted by Gasteiger charge is 2.60. The van der Waals surface area contributed by atoms with Gasteiger partial charge in [0.25, 0.3) is 11.8 Å². The van der Waals surface area contributed by atoms with Gasteiger partial charge in [-0.15, -0.1) is 0 Å². The number of carbonyl (C=O) groups is 5. The van der Waals surface area contributed by atoms with Gasteiger partial charge in [0.1, 0.15) is 0 Å². The zero-order valence-electron chi connectivity index (χ0n) is 23.7. The van der Waals surface area contributed by atoms with E-state index in [1.54, 1.807) is 9.80 Å². The molecule has 0 aromatic rings. The lowest BCUT2D eigenvalue weighted by atomic mass is 9.77. The Bertz CT molecular complexity index is 902. The van der Waals surface area contributed by atoms with Gasteiger partial charge in [0.05, 0.1) is 12.2 Å². The summed E-state index contributed by atoms with van der Waals surface area (Å²) in [7, 11) is 0. The Labute approximate surface area is 218 Å². The van der Waals surface area contributed by atoms with Crippen LogP contribution in [0.15, 0.2) is 0 Å². The van der Waals surface area contributed by atoms with Crippen molar-refractivity contribution in [1.82, 2.24) is 20.4 Å². The Balaban J connectivity index is 1.98. The first-order valence-corrected chi connectivity index (χ1v) is 12.8. The summed E-state index contributed by atoms with van der Waals surface area (Å²) in [6.07, 6.45) is 0.0996. The van der Waals surface area contributed by atoms with Crippen molar-refractivity contribution in [3.63, 3.8) is 0 Å².